The van der Waals surface area contributed by atoms with Gasteiger partial charge < -0.3 is 9.66 Å². The summed E-state index contributed by atoms with van der Waals surface area (Å²) in [7, 11) is -4.29. The minimum absolute atomic E-state index is 0. The zero-order chi connectivity index (χ0) is 21.8. The number of aliphatic hydroxyl groups excluding tert-OH is 1. The van der Waals surface area contributed by atoms with Crippen LogP contribution in [0, 0.1) is 0 Å². The van der Waals surface area contributed by atoms with Crippen LogP contribution in [0.25, 0.3) is 0 Å². The van der Waals surface area contributed by atoms with Crippen molar-refractivity contribution in [3.8, 4) is 0 Å². The molecule has 1 N–H and O–H groups in total. The van der Waals surface area contributed by atoms with Crippen molar-refractivity contribution in [3.05, 3.63) is 0 Å². The van der Waals surface area contributed by atoms with Crippen LogP contribution >= 0.6 is 0 Å². The molecule has 0 saturated carbocycles. The van der Waals surface area contributed by atoms with Gasteiger partial charge in [0, 0.05) is 0 Å². The predicted octanol–water partition coefficient (Wildman–Crippen LogP) is 4.11. The van der Waals surface area contributed by atoms with E-state index in [0.717, 1.165) is 12.8 Å². The summed E-state index contributed by atoms with van der Waals surface area (Å²) in [5, 5.41) is 9.09. The first kappa shape index (κ1) is 33.0. The smallest absolute Gasteiger partial charge is 0.748 e. The minimum Gasteiger partial charge on any atom is -0.748 e. The quantitative estimate of drug-likeness (QED) is 0.151. The standard InChI is InChI=1S/C24H50O4S.Na/c1-3-5-6-7-8-9-10-11-12-13-14-15-16-17-18-19-21-23(25)22-24(20-4-2)29(26,27)28;/h23-25H,3-22H2,1-2H3,(H,26,27,28);/q;+1/p-1. The van der Waals surface area contributed by atoms with E-state index in [1.165, 1.54) is 89.9 Å². The van der Waals surface area contributed by atoms with Gasteiger partial charge in [-0.05, 0) is 19.3 Å². The van der Waals surface area contributed by atoms with Gasteiger partial charge in [0.1, 0.15) is 0 Å². The van der Waals surface area contributed by atoms with E-state index in [0.29, 0.717) is 19.3 Å². The topological polar surface area (TPSA) is 77.4 Å². The van der Waals surface area contributed by atoms with Gasteiger partial charge in [0.05, 0.1) is 21.5 Å². The molecule has 0 saturated heterocycles. The van der Waals surface area contributed by atoms with Gasteiger partial charge in [-0.1, -0.05) is 123 Å². The Kier molecular flexibility index (Phi) is 25.4. The van der Waals surface area contributed by atoms with E-state index in [9.17, 15) is 18.1 Å². The van der Waals surface area contributed by atoms with Crippen LogP contribution in [0.2, 0.25) is 0 Å². The number of hydrogen-bond donors (Lipinski definition) is 1. The molecule has 0 heterocycles. The maximum Gasteiger partial charge on any atom is 1.00 e. The average Bonchev–Trinajstić information content (AvgIpc) is 2.66. The Bertz CT molecular complexity index is 442. The van der Waals surface area contributed by atoms with Gasteiger partial charge in [-0.2, -0.15) is 0 Å². The monoisotopic (exact) mass is 456 g/mol. The maximum atomic E-state index is 11.2. The van der Waals surface area contributed by atoms with Gasteiger partial charge in [-0.15, -0.1) is 0 Å². The molecule has 176 valence electrons. The third kappa shape index (κ3) is 22.1. The number of aliphatic hydroxyl groups is 1. The molecule has 30 heavy (non-hydrogen) atoms. The molecule has 0 rings (SSSR count). The van der Waals surface area contributed by atoms with Gasteiger partial charge in [-0.3, -0.25) is 0 Å². The largest absolute Gasteiger partial charge is 1.00 e. The summed E-state index contributed by atoms with van der Waals surface area (Å²) < 4.78 is 33.6. The van der Waals surface area contributed by atoms with E-state index in [2.05, 4.69) is 6.92 Å². The second kappa shape index (κ2) is 23.0. The molecule has 0 amide bonds. The van der Waals surface area contributed by atoms with Gasteiger partial charge in [0.2, 0.25) is 0 Å². The molecular weight excluding hydrogens is 407 g/mol. The zero-order valence-electron chi connectivity index (χ0n) is 20.4. The van der Waals surface area contributed by atoms with Gasteiger partial charge in [-0.25, -0.2) is 8.42 Å². The number of hydrogen-bond acceptors (Lipinski definition) is 4. The molecule has 2 atom stereocenters. The van der Waals surface area contributed by atoms with E-state index in [1.807, 2.05) is 6.92 Å². The van der Waals surface area contributed by atoms with Crippen molar-refractivity contribution >= 4 is 10.1 Å². The Labute approximate surface area is 210 Å². The third-order valence-corrected chi connectivity index (χ3v) is 7.19. The van der Waals surface area contributed by atoms with E-state index in [-0.39, 0.29) is 36.0 Å². The molecule has 0 radical (unpaired) electrons. The summed E-state index contributed by atoms with van der Waals surface area (Å²) in [6, 6.07) is 0. The molecule has 0 aromatic carbocycles. The third-order valence-electron chi connectivity index (χ3n) is 5.94. The van der Waals surface area contributed by atoms with E-state index in [1.54, 1.807) is 0 Å². The molecule has 0 aliphatic rings. The molecule has 4 nitrogen and oxygen atoms in total. The number of unbranched alkanes of at least 4 members (excludes halogenated alkanes) is 15. The first-order chi connectivity index (χ1) is 13.9. The van der Waals surface area contributed by atoms with Gasteiger partial charge in [0.25, 0.3) is 0 Å². The summed E-state index contributed by atoms with van der Waals surface area (Å²) >= 11 is 0. The van der Waals surface area contributed by atoms with Crippen molar-refractivity contribution in [2.75, 3.05) is 0 Å². The van der Waals surface area contributed by atoms with Crippen LogP contribution in [0.5, 0.6) is 0 Å². The first-order valence-electron chi connectivity index (χ1n) is 12.5. The van der Waals surface area contributed by atoms with E-state index >= 15 is 0 Å². The van der Waals surface area contributed by atoms with Crippen molar-refractivity contribution in [2.45, 2.75) is 154 Å². The minimum atomic E-state index is -4.29. The van der Waals surface area contributed by atoms with Crippen LogP contribution in [-0.2, 0) is 10.1 Å². The van der Waals surface area contributed by atoms with E-state index < -0.39 is 21.5 Å². The Hall–Kier alpha value is 0.870. The second-order valence-corrected chi connectivity index (χ2v) is 10.5. The molecule has 0 aliphatic carbocycles. The number of rotatable bonds is 22. The van der Waals surface area contributed by atoms with Crippen LogP contribution in [0.4, 0.5) is 0 Å². The van der Waals surface area contributed by atoms with Crippen molar-refractivity contribution in [1.82, 2.24) is 0 Å². The fourth-order valence-corrected chi connectivity index (χ4v) is 5.03. The molecule has 0 bridgehead atoms. The van der Waals surface area contributed by atoms with Crippen molar-refractivity contribution in [2.24, 2.45) is 0 Å². The molecule has 0 aliphatic heterocycles. The summed E-state index contributed by atoms with van der Waals surface area (Å²) in [6.07, 6.45) is 22.0. The molecular formula is C24H49NaO4S. The van der Waals surface area contributed by atoms with Crippen LogP contribution in [0.15, 0.2) is 0 Å². The second-order valence-electron chi connectivity index (χ2n) is 8.88. The molecule has 0 aromatic heterocycles. The Morgan fingerprint density at radius 3 is 1.33 bits per heavy atom. The van der Waals surface area contributed by atoms with Crippen LogP contribution in [-0.4, -0.2) is 29.4 Å². The van der Waals surface area contributed by atoms with Crippen LogP contribution in [0.3, 0.4) is 0 Å². The molecule has 0 fully saturated rings. The van der Waals surface area contributed by atoms with Crippen molar-refractivity contribution in [3.63, 3.8) is 0 Å². The van der Waals surface area contributed by atoms with E-state index in [4.69, 9.17) is 0 Å². The van der Waals surface area contributed by atoms with Crippen molar-refractivity contribution in [1.29, 1.82) is 0 Å². The summed E-state index contributed by atoms with van der Waals surface area (Å²) in [4.78, 5) is 0. The predicted molar refractivity (Wildman–Crippen MR) is 123 cm³/mol. The summed E-state index contributed by atoms with van der Waals surface area (Å²) in [5.41, 5.74) is 0. The SMILES string of the molecule is CCCCCCCCCCCCCCCCCCC(O)CC(CCC)S(=O)(=O)[O-].[Na+]. The van der Waals surface area contributed by atoms with Gasteiger partial charge >= 0.3 is 29.6 Å². The normalized spacial score (nSPS) is 13.7. The van der Waals surface area contributed by atoms with Crippen LogP contribution in [0.1, 0.15) is 142 Å². The first-order valence-corrected chi connectivity index (χ1v) is 14.0. The molecule has 6 heteroatoms. The molecule has 0 spiro atoms. The average molecular weight is 457 g/mol. The van der Waals surface area contributed by atoms with Gasteiger partial charge in [0.15, 0.2) is 0 Å². The summed E-state index contributed by atoms with van der Waals surface area (Å²) in [5.74, 6) is 0. The van der Waals surface area contributed by atoms with Crippen LogP contribution < -0.4 is 29.6 Å². The maximum absolute atomic E-state index is 11.2. The Morgan fingerprint density at radius 2 is 1.00 bits per heavy atom. The zero-order valence-corrected chi connectivity index (χ0v) is 23.2. The Morgan fingerprint density at radius 1 is 0.633 bits per heavy atom. The fraction of sp³-hybridized carbons (Fsp3) is 1.00. The van der Waals surface area contributed by atoms with Crippen molar-refractivity contribution < 1.29 is 47.6 Å². The molecule has 2 unspecified atom stereocenters. The fourth-order valence-electron chi connectivity index (χ4n) is 4.05. The Balaban J connectivity index is 0. The summed E-state index contributed by atoms with van der Waals surface area (Å²) in [6.45, 7) is 4.13. The molecule has 0 aromatic rings.